The lowest BCUT2D eigenvalue weighted by molar-refractivity contribution is -0.114. The molecule has 0 saturated carbocycles. The molecular formula is C37H43NO7. The molecule has 238 valence electrons. The van der Waals surface area contributed by atoms with Crippen molar-refractivity contribution in [3.8, 4) is 5.75 Å². The standard InChI is InChI=1S/C37H43NO7/c1-31(39)38-35-17-19-36(20-18-35)44-29-27-42-25-23-40-21-22-41-24-26-43-28-30-45-37(32-11-5-2-6-12-32,33-13-7-3-8-14-33)34-15-9-4-10-16-34/h2-20H,21-30H2,1H3,(H,38,39). The molecule has 0 saturated heterocycles. The van der Waals surface area contributed by atoms with Gasteiger partial charge in [0.25, 0.3) is 0 Å². The van der Waals surface area contributed by atoms with E-state index >= 15 is 0 Å². The van der Waals surface area contributed by atoms with E-state index in [1.807, 2.05) is 66.7 Å². The highest BCUT2D eigenvalue weighted by atomic mass is 16.6. The molecule has 4 aromatic carbocycles. The van der Waals surface area contributed by atoms with E-state index in [4.69, 9.17) is 28.4 Å². The monoisotopic (exact) mass is 613 g/mol. The van der Waals surface area contributed by atoms with Crippen molar-refractivity contribution in [3.63, 3.8) is 0 Å². The maximum atomic E-state index is 11.1. The van der Waals surface area contributed by atoms with Crippen LogP contribution in [0.15, 0.2) is 115 Å². The van der Waals surface area contributed by atoms with Gasteiger partial charge < -0.3 is 33.7 Å². The van der Waals surface area contributed by atoms with Crippen molar-refractivity contribution in [2.45, 2.75) is 12.5 Å². The van der Waals surface area contributed by atoms with Crippen LogP contribution in [0.4, 0.5) is 5.69 Å². The van der Waals surface area contributed by atoms with Crippen LogP contribution in [0.2, 0.25) is 0 Å². The summed E-state index contributed by atoms with van der Waals surface area (Å²) in [5.41, 5.74) is 3.18. The van der Waals surface area contributed by atoms with E-state index in [-0.39, 0.29) is 5.91 Å². The number of ether oxygens (including phenoxy) is 6. The third kappa shape index (κ3) is 11.1. The Morgan fingerprint density at radius 3 is 1.29 bits per heavy atom. The third-order valence-electron chi connectivity index (χ3n) is 6.87. The van der Waals surface area contributed by atoms with Crippen molar-refractivity contribution in [2.75, 3.05) is 71.4 Å². The molecule has 0 aliphatic rings. The highest BCUT2D eigenvalue weighted by Gasteiger charge is 2.37. The largest absolute Gasteiger partial charge is 0.491 e. The molecule has 1 N–H and O–H groups in total. The molecule has 45 heavy (non-hydrogen) atoms. The molecule has 0 unspecified atom stereocenters. The van der Waals surface area contributed by atoms with Gasteiger partial charge in [0.15, 0.2) is 0 Å². The molecule has 4 rings (SSSR count). The Morgan fingerprint density at radius 2 is 0.889 bits per heavy atom. The van der Waals surface area contributed by atoms with E-state index in [0.29, 0.717) is 66.1 Å². The lowest BCUT2D eigenvalue weighted by Crippen LogP contribution is -2.34. The number of nitrogens with one attached hydrogen (secondary N) is 1. The number of hydrogen-bond donors (Lipinski definition) is 1. The zero-order valence-corrected chi connectivity index (χ0v) is 25.9. The molecule has 0 aliphatic carbocycles. The van der Waals surface area contributed by atoms with Gasteiger partial charge in [-0.1, -0.05) is 91.0 Å². The van der Waals surface area contributed by atoms with Crippen molar-refractivity contribution >= 4 is 11.6 Å². The molecule has 0 heterocycles. The zero-order chi connectivity index (χ0) is 31.4. The summed E-state index contributed by atoms with van der Waals surface area (Å²) in [4.78, 5) is 11.1. The summed E-state index contributed by atoms with van der Waals surface area (Å²) >= 11 is 0. The fourth-order valence-corrected chi connectivity index (χ4v) is 4.84. The van der Waals surface area contributed by atoms with Gasteiger partial charge in [0.05, 0.1) is 59.5 Å². The minimum atomic E-state index is -0.750. The molecule has 0 bridgehead atoms. The average molecular weight is 614 g/mol. The minimum absolute atomic E-state index is 0.105. The van der Waals surface area contributed by atoms with Crippen LogP contribution >= 0.6 is 0 Å². The Balaban J connectivity index is 1.06. The van der Waals surface area contributed by atoms with Gasteiger partial charge in [0.1, 0.15) is 18.0 Å². The fourth-order valence-electron chi connectivity index (χ4n) is 4.84. The van der Waals surface area contributed by atoms with Gasteiger partial charge in [-0.15, -0.1) is 0 Å². The van der Waals surface area contributed by atoms with Gasteiger partial charge in [0.2, 0.25) is 5.91 Å². The van der Waals surface area contributed by atoms with E-state index in [1.54, 1.807) is 12.1 Å². The van der Waals surface area contributed by atoms with Crippen LogP contribution in [0.1, 0.15) is 23.6 Å². The van der Waals surface area contributed by atoms with Crippen LogP contribution < -0.4 is 10.1 Å². The highest BCUT2D eigenvalue weighted by Crippen LogP contribution is 2.40. The first-order valence-electron chi connectivity index (χ1n) is 15.3. The van der Waals surface area contributed by atoms with Crippen LogP contribution in [-0.4, -0.2) is 72.0 Å². The van der Waals surface area contributed by atoms with E-state index in [2.05, 4.69) is 41.7 Å². The Labute approximate surface area is 266 Å². The summed E-state index contributed by atoms with van der Waals surface area (Å²) in [5, 5.41) is 2.72. The SMILES string of the molecule is CC(=O)Nc1ccc(OCCOCCOCCOCCOCCOC(c2ccccc2)(c2ccccc2)c2ccccc2)cc1. The van der Waals surface area contributed by atoms with E-state index in [9.17, 15) is 4.79 Å². The molecule has 0 fully saturated rings. The van der Waals surface area contributed by atoms with Gasteiger partial charge in [-0.2, -0.15) is 0 Å². The molecule has 0 aliphatic heterocycles. The first-order chi connectivity index (χ1) is 22.2. The molecule has 0 aromatic heterocycles. The topological polar surface area (TPSA) is 84.5 Å². The maximum absolute atomic E-state index is 11.1. The van der Waals surface area contributed by atoms with Crippen LogP contribution in [0.5, 0.6) is 5.75 Å². The number of hydrogen-bond acceptors (Lipinski definition) is 7. The first kappa shape index (κ1) is 33.8. The normalized spacial score (nSPS) is 11.3. The quantitative estimate of drug-likeness (QED) is 0.0898. The molecule has 0 radical (unpaired) electrons. The Kier molecular flexibility index (Phi) is 14.6. The van der Waals surface area contributed by atoms with Crippen molar-refractivity contribution < 1.29 is 33.2 Å². The molecule has 8 heteroatoms. The van der Waals surface area contributed by atoms with Gasteiger partial charge in [-0.3, -0.25) is 4.79 Å². The van der Waals surface area contributed by atoms with Crippen molar-refractivity contribution in [2.24, 2.45) is 0 Å². The average Bonchev–Trinajstić information content (AvgIpc) is 3.08. The number of amides is 1. The second kappa shape index (κ2) is 19.4. The number of carbonyl (C=O) groups is 1. The van der Waals surface area contributed by atoms with E-state index in [0.717, 1.165) is 28.1 Å². The van der Waals surface area contributed by atoms with E-state index < -0.39 is 5.60 Å². The van der Waals surface area contributed by atoms with Gasteiger partial charge in [-0.05, 0) is 41.0 Å². The van der Waals surface area contributed by atoms with Crippen molar-refractivity contribution in [1.29, 1.82) is 0 Å². The third-order valence-corrected chi connectivity index (χ3v) is 6.87. The number of anilines is 1. The fraction of sp³-hybridized carbons (Fsp3) is 0.324. The maximum Gasteiger partial charge on any atom is 0.221 e. The van der Waals surface area contributed by atoms with Crippen LogP contribution in [0.25, 0.3) is 0 Å². The van der Waals surface area contributed by atoms with Crippen LogP contribution in [0.3, 0.4) is 0 Å². The van der Waals surface area contributed by atoms with Crippen LogP contribution in [-0.2, 0) is 34.1 Å². The number of rotatable bonds is 21. The predicted molar refractivity (Wildman–Crippen MR) is 175 cm³/mol. The minimum Gasteiger partial charge on any atom is -0.491 e. The van der Waals surface area contributed by atoms with E-state index in [1.165, 1.54) is 6.92 Å². The number of benzene rings is 4. The van der Waals surface area contributed by atoms with Crippen molar-refractivity contribution in [3.05, 3.63) is 132 Å². The summed E-state index contributed by atoms with van der Waals surface area (Å²) in [7, 11) is 0. The summed E-state index contributed by atoms with van der Waals surface area (Å²) in [6.07, 6.45) is 0. The first-order valence-corrected chi connectivity index (χ1v) is 15.3. The molecule has 0 spiro atoms. The summed E-state index contributed by atoms with van der Waals surface area (Å²) < 4.78 is 34.9. The smallest absolute Gasteiger partial charge is 0.221 e. The Bertz CT molecular complexity index is 1260. The predicted octanol–water partition coefficient (Wildman–Crippen LogP) is 6.10. The lowest BCUT2D eigenvalue weighted by Gasteiger charge is -2.36. The van der Waals surface area contributed by atoms with Gasteiger partial charge in [0, 0.05) is 12.6 Å². The lowest BCUT2D eigenvalue weighted by atomic mass is 9.80. The molecule has 1 amide bonds. The molecule has 4 aromatic rings. The summed E-state index contributed by atoms with van der Waals surface area (Å²) in [6.45, 7) is 6.09. The Hall–Kier alpha value is -4.05. The molecule has 8 nitrogen and oxygen atoms in total. The van der Waals surface area contributed by atoms with Gasteiger partial charge in [-0.25, -0.2) is 0 Å². The Morgan fingerprint density at radius 1 is 0.511 bits per heavy atom. The second-order valence-electron chi connectivity index (χ2n) is 10.1. The van der Waals surface area contributed by atoms with Crippen LogP contribution in [0, 0.1) is 0 Å². The molecular weight excluding hydrogens is 570 g/mol. The zero-order valence-electron chi connectivity index (χ0n) is 25.9. The number of carbonyl (C=O) groups excluding carboxylic acids is 1. The summed E-state index contributed by atoms with van der Waals surface area (Å²) in [5.74, 6) is 0.614. The highest BCUT2D eigenvalue weighted by molar-refractivity contribution is 5.88. The second-order valence-corrected chi connectivity index (χ2v) is 10.1. The van der Waals surface area contributed by atoms with Crippen molar-refractivity contribution in [1.82, 2.24) is 0 Å². The molecule has 0 atom stereocenters. The van der Waals surface area contributed by atoms with Gasteiger partial charge >= 0.3 is 0 Å². The summed E-state index contributed by atoms with van der Waals surface area (Å²) in [6, 6.07) is 38.1.